The van der Waals surface area contributed by atoms with Crippen LogP contribution < -0.4 is 28.4 Å². The Morgan fingerprint density at radius 2 is 0.708 bits per heavy atom. The first-order valence-corrected chi connectivity index (χ1v) is 60.0. The molecule has 15 nitrogen and oxygen atoms in total. The van der Waals surface area contributed by atoms with E-state index in [-0.39, 0.29) is 72.5 Å². The van der Waals surface area contributed by atoms with Crippen molar-refractivity contribution in [1.29, 1.82) is 0 Å². The van der Waals surface area contributed by atoms with Gasteiger partial charge in [-0.05, 0) is 300 Å². The molecule has 0 aromatic heterocycles. The van der Waals surface area contributed by atoms with E-state index in [1.807, 2.05) is 30.3 Å². The summed E-state index contributed by atoms with van der Waals surface area (Å²) in [6, 6.07) is 28.5. The quantitative estimate of drug-likeness (QED) is 0.00918. The van der Waals surface area contributed by atoms with Crippen molar-refractivity contribution in [2.24, 2.45) is 11.8 Å². The Morgan fingerprint density at radius 3 is 1.09 bits per heavy atom. The molecule has 2 fully saturated rings. The molecule has 2 N–H and O–H groups in total. The van der Waals surface area contributed by atoms with E-state index in [1.165, 1.54) is 77.0 Å². The van der Waals surface area contributed by atoms with E-state index in [1.54, 1.807) is 81.4 Å². The summed E-state index contributed by atoms with van der Waals surface area (Å²) in [5.41, 5.74) is 7.17. The van der Waals surface area contributed by atoms with Crippen molar-refractivity contribution in [3.63, 3.8) is 0 Å². The average molecular weight is 1890 g/mol. The van der Waals surface area contributed by atoms with Crippen LogP contribution in [0.15, 0.2) is 134 Å². The molecule has 2 aliphatic rings. The number of halogens is 3. The number of phenols is 2. The number of unbranched alkanes of at least 4 members (excludes halogenated alkanes) is 6. The number of carbonyl (C=O) groups is 3. The van der Waals surface area contributed by atoms with Gasteiger partial charge < -0.3 is 56.3 Å². The van der Waals surface area contributed by atoms with E-state index in [2.05, 4.69) is 175 Å². The summed E-state index contributed by atoms with van der Waals surface area (Å²) in [4.78, 5) is 36.0. The number of ether oxygens (including phenoxy) is 6. The fraction of sp³-hybridized carbons (Fsp3) is 0.583. The number of carbonyl (C=O) groups excluding carboxylic acids is 3. The van der Waals surface area contributed by atoms with Gasteiger partial charge in [-0.1, -0.05) is 204 Å². The SMILES string of the molecule is C=C(C)C(=O)Cl.C=C(C)C(=O)Oc1ccc(-c2cc(-c3ccc(C4CCC(CCCCC)CC4)cc3F)cc(OC(=O)C(=C)C)c2OCCCCO[Si](C)(C)C(C)(C)C)cc1OCCCO[Si](C)(C)C(C)(C)C.CCCCCC1CCC(c2ccc(-c3cc(O)c(OCCCCO[Si](C)(C)C(C)(C)C)c(-c4ccc(O)c(OCCCO[Si](C)(C)C(C)(C)C)c4)c3)c(F)c2)CC1. The minimum atomic E-state index is -1.98. The fourth-order valence-corrected chi connectivity index (χ4v) is 19.1. The molecule has 722 valence electrons. The van der Waals surface area contributed by atoms with Crippen LogP contribution in [0, 0.1) is 23.5 Å². The van der Waals surface area contributed by atoms with Crippen molar-refractivity contribution in [1.82, 2.24) is 0 Å². The monoisotopic (exact) mass is 1890 g/mol. The first-order valence-electron chi connectivity index (χ1n) is 48.0. The maximum absolute atomic E-state index is 16.6. The van der Waals surface area contributed by atoms with Crippen LogP contribution >= 0.6 is 11.6 Å². The number of esters is 2. The summed E-state index contributed by atoms with van der Waals surface area (Å²) in [6.45, 7) is 68.3. The Labute approximate surface area is 791 Å². The minimum Gasteiger partial charge on any atom is -0.504 e. The summed E-state index contributed by atoms with van der Waals surface area (Å²) in [7, 11) is -7.64. The highest BCUT2D eigenvalue weighted by Gasteiger charge is 2.41. The lowest BCUT2D eigenvalue weighted by Gasteiger charge is -2.36. The van der Waals surface area contributed by atoms with Crippen LogP contribution in [0.4, 0.5) is 8.78 Å². The van der Waals surface area contributed by atoms with Crippen molar-refractivity contribution in [3.8, 4) is 90.5 Å². The van der Waals surface area contributed by atoms with Crippen molar-refractivity contribution in [3.05, 3.63) is 156 Å². The molecule has 0 spiro atoms. The predicted molar refractivity (Wildman–Crippen MR) is 544 cm³/mol. The topological polar surface area (TPSA) is 184 Å². The molecule has 22 heteroatoms. The first kappa shape index (κ1) is 112. The van der Waals surface area contributed by atoms with Crippen LogP contribution in [0.2, 0.25) is 72.5 Å². The molecule has 130 heavy (non-hydrogen) atoms. The first-order chi connectivity index (χ1) is 60.7. The number of phenolic OH excluding ortho intramolecular Hbond substituents is 2. The van der Waals surface area contributed by atoms with Crippen LogP contribution in [0.3, 0.4) is 0 Å². The van der Waals surface area contributed by atoms with Crippen molar-refractivity contribution in [2.45, 2.75) is 343 Å². The van der Waals surface area contributed by atoms with E-state index < -0.39 is 50.5 Å². The minimum absolute atomic E-state index is 0.0188. The molecule has 2 aliphatic carbocycles. The zero-order valence-corrected chi connectivity index (χ0v) is 89.0. The molecule has 6 aromatic rings. The van der Waals surface area contributed by atoms with Gasteiger partial charge in [-0.2, -0.15) is 0 Å². The Kier molecular flexibility index (Phi) is 43.7. The maximum atomic E-state index is 16.6. The van der Waals surface area contributed by atoms with Gasteiger partial charge in [0.05, 0.1) is 26.4 Å². The lowest BCUT2D eigenvalue weighted by Crippen LogP contribution is -2.41. The van der Waals surface area contributed by atoms with Gasteiger partial charge in [-0.25, -0.2) is 18.4 Å². The Morgan fingerprint density at radius 1 is 0.369 bits per heavy atom. The molecule has 6 aromatic carbocycles. The average Bonchev–Trinajstić information content (AvgIpc) is 0.765. The van der Waals surface area contributed by atoms with Gasteiger partial charge in [-0.3, -0.25) is 4.79 Å². The van der Waals surface area contributed by atoms with Crippen LogP contribution in [0.1, 0.15) is 282 Å². The van der Waals surface area contributed by atoms with Crippen LogP contribution in [0.25, 0.3) is 44.5 Å². The zero-order chi connectivity index (χ0) is 96.9. The second kappa shape index (κ2) is 50.9. The van der Waals surface area contributed by atoms with Gasteiger partial charge in [0.1, 0.15) is 11.6 Å². The molecule has 8 rings (SSSR count). The second-order valence-corrected chi connectivity index (χ2v) is 61.9. The third kappa shape index (κ3) is 34.3. The highest BCUT2D eigenvalue weighted by Crippen LogP contribution is 2.50. The Bertz CT molecular complexity index is 4650. The number of aromatic hydroxyl groups is 2. The largest absolute Gasteiger partial charge is 0.504 e. The molecule has 0 aliphatic heterocycles. The molecule has 2 saturated carbocycles. The standard InChI is InChI=1S/C56H83FO8Si2.C48H75FO6Si2.C4H5ClO/c1-16-17-18-22-41-23-25-42(26-24-41)43-27-29-46(48(57)36-43)45-35-47(52(51(38-45)65-54(59)40(4)5)61-31-19-20-33-62-66(12,13)55(6,7)8)44-28-30-49(64-53(58)39(2)3)50(37-44)60-32-21-34-63-67(14,15)56(9,10)11;1-12-13-14-18-35-19-21-36(22-20-35)37-23-25-40(42(49)32-37)39-31-41(46(44(51)33-39)53-27-15-16-29-54-56(8,9)47(2,3)4)38-24-26-43(50)45(34-38)52-28-17-30-55-57(10,11)48(5,6)7;1-3(2)4(5)6/h27-30,35-38,41-42H,2,4,16-26,31-34H2,1,3,5-15H3;23-26,31-36,50-51H,12-22,27-30H2,1-11H3;1H2,2H3. The number of hydrogen-bond acceptors (Lipinski definition) is 15. The highest BCUT2D eigenvalue weighted by atomic mass is 35.5. The lowest BCUT2D eigenvalue weighted by molar-refractivity contribution is -0.131. The summed E-state index contributed by atoms with van der Waals surface area (Å²) in [5, 5.41) is 22.3. The molecular formula is C108H163ClF2O15Si4. The summed E-state index contributed by atoms with van der Waals surface area (Å²) in [5.74, 6) is 1.91. The van der Waals surface area contributed by atoms with Crippen LogP contribution in [-0.2, 0) is 32.1 Å². The van der Waals surface area contributed by atoms with Gasteiger partial charge in [0.15, 0.2) is 79.3 Å². The van der Waals surface area contributed by atoms with Gasteiger partial charge in [-0.15, -0.1) is 0 Å². The molecule has 0 radical (unpaired) electrons. The number of allylic oxidation sites excluding steroid dienone is 1. The second-order valence-electron chi connectivity index (χ2n) is 42.3. The van der Waals surface area contributed by atoms with Crippen molar-refractivity contribution in [2.75, 3.05) is 52.9 Å². The molecule has 0 bridgehead atoms. The molecule has 0 unspecified atom stereocenters. The summed E-state index contributed by atoms with van der Waals surface area (Å²) >= 11 is 4.87. The Balaban J connectivity index is 0.000000381. The fourth-order valence-electron chi connectivity index (χ4n) is 14.8. The number of rotatable bonds is 45. The van der Waals surface area contributed by atoms with Gasteiger partial charge in [0, 0.05) is 78.2 Å². The number of hydrogen-bond donors (Lipinski definition) is 2. The van der Waals surface area contributed by atoms with Gasteiger partial charge in [0.2, 0.25) is 5.24 Å². The predicted octanol–water partition coefficient (Wildman–Crippen LogP) is 31.7. The van der Waals surface area contributed by atoms with Gasteiger partial charge >= 0.3 is 11.9 Å². The summed E-state index contributed by atoms with van der Waals surface area (Å²) < 4.78 is 95.5. The van der Waals surface area contributed by atoms with Gasteiger partial charge in [0.25, 0.3) is 0 Å². The molecular weight excluding hydrogens is 1720 g/mol. The van der Waals surface area contributed by atoms with E-state index >= 15 is 8.78 Å². The van der Waals surface area contributed by atoms with Crippen LogP contribution in [-0.4, -0.2) is 114 Å². The molecule has 0 heterocycles. The molecule has 0 saturated heterocycles. The normalized spacial score (nSPS) is 15.9. The van der Waals surface area contributed by atoms with Crippen molar-refractivity contribution >= 4 is 62.1 Å². The summed E-state index contributed by atoms with van der Waals surface area (Å²) in [6.07, 6.45) is 23.6. The smallest absolute Gasteiger partial charge is 0.338 e. The van der Waals surface area contributed by atoms with Crippen LogP contribution in [0.5, 0.6) is 46.0 Å². The third-order valence-corrected chi connectivity index (χ3v) is 46.0. The molecule has 0 amide bonds. The van der Waals surface area contributed by atoms with Crippen molar-refractivity contribution < 1.29 is 79.5 Å². The maximum Gasteiger partial charge on any atom is 0.338 e. The van der Waals surface area contributed by atoms with E-state index in [0.717, 1.165) is 67.9 Å². The lowest BCUT2D eigenvalue weighted by atomic mass is 9.77. The van der Waals surface area contributed by atoms with E-state index in [0.29, 0.717) is 150 Å². The number of benzene rings is 6. The van der Waals surface area contributed by atoms with E-state index in [4.69, 9.17) is 57.7 Å². The highest BCUT2D eigenvalue weighted by molar-refractivity contribution is 6.75. The van der Waals surface area contributed by atoms with E-state index in [9.17, 15) is 24.6 Å². The third-order valence-electron chi connectivity index (χ3n) is 27.5. The Hall–Kier alpha value is -7.19. The molecule has 0 atom stereocenters. The zero-order valence-electron chi connectivity index (χ0n) is 84.2.